The lowest BCUT2D eigenvalue weighted by Crippen LogP contribution is -2.49. The van der Waals surface area contributed by atoms with Gasteiger partial charge in [0.15, 0.2) is 23.0 Å². The summed E-state index contributed by atoms with van der Waals surface area (Å²) in [5.41, 5.74) is 4.13. The van der Waals surface area contributed by atoms with E-state index in [1.54, 1.807) is 39.5 Å². The predicted molar refractivity (Wildman–Crippen MR) is 301 cm³/mol. The summed E-state index contributed by atoms with van der Waals surface area (Å²) in [5, 5.41) is 10.7. The van der Waals surface area contributed by atoms with Crippen LogP contribution in [-0.4, -0.2) is 140 Å². The molecule has 4 aliphatic rings. The fourth-order valence-electron chi connectivity index (χ4n) is 10.5. The number of ether oxygens (including phenoxy) is 7. The number of benzene rings is 4. The van der Waals surface area contributed by atoms with Gasteiger partial charge in [0.05, 0.1) is 36.6 Å². The zero-order valence-electron chi connectivity index (χ0n) is 45.8. The van der Waals surface area contributed by atoms with Crippen LogP contribution in [0.5, 0.6) is 23.0 Å². The molecule has 2 saturated heterocycles. The summed E-state index contributed by atoms with van der Waals surface area (Å²) < 4.78 is 41.5. The topological polar surface area (TPSA) is 206 Å². The highest BCUT2D eigenvalue weighted by molar-refractivity contribution is 5.99. The number of rotatable bonds is 14. The van der Waals surface area contributed by atoms with Crippen molar-refractivity contribution >= 4 is 51.5 Å². The first-order chi connectivity index (χ1) is 38.2. The maximum Gasteiger partial charge on any atom is 0.411 e. The van der Waals surface area contributed by atoms with Crippen LogP contribution in [0, 0.1) is 0 Å². The monoisotopic (exact) mass is 1080 g/mol. The average molecular weight is 1090 g/mol. The molecule has 0 aliphatic carbocycles. The van der Waals surface area contributed by atoms with Gasteiger partial charge in [0.25, 0.3) is 11.1 Å². The largest absolute Gasteiger partial charge is 0.486 e. The molecular formula is C59H72N8O12. The van der Waals surface area contributed by atoms with Crippen molar-refractivity contribution in [2.45, 2.75) is 90.3 Å². The van der Waals surface area contributed by atoms with Crippen molar-refractivity contribution in [3.05, 3.63) is 129 Å². The van der Waals surface area contributed by atoms with Gasteiger partial charge in [0, 0.05) is 87.3 Å². The van der Waals surface area contributed by atoms with Crippen LogP contribution in [0.4, 0.5) is 25.8 Å². The van der Waals surface area contributed by atoms with Gasteiger partial charge in [-0.15, -0.1) is 0 Å². The summed E-state index contributed by atoms with van der Waals surface area (Å²) in [7, 11) is 2.64. The van der Waals surface area contributed by atoms with Gasteiger partial charge in [0.1, 0.15) is 32.0 Å². The van der Waals surface area contributed by atoms with E-state index in [1.165, 1.54) is 25.8 Å². The molecule has 0 atom stereocenters. The van der Waals surface area contributed by atoms with E-state index in [0.29, 0.717) is 81.5 Å². The lowest BCUT2D eigenvalue weighted by Gasteiger charge is -2.39. The molecule has 6 heterocycles. The van der Waals surface area contributed by atoms with Crippen molar-refractivity contribution in [2.75, 3.05) is 90.5 Å². The number of hydrogen-bond acceptors (Lipinski definition) is 15. The highest BCUT2D eigenvalue weighted by atomic mass is 16.6. The Balaban J connectivity index is 0.000000195. The molecule has 3 amide bonds. The molecule has 0 bridgehead atoms. The standard InChI is InChI=1S/C32H40N4O7.C27H32N4O5/c1-32(2,3)43-31(39)36(21-22-8-10-27-28(20-22)42-19-18-41-27)23-12-14-34(15-13-23)16-17-35-26-7-5-6-25(33-30(38)40-4)24(26)9-11-29(35)37;1-34-27(33)29-22-3-2-4-23-21(22)6-8-26(32)31(23)14-13-30-11-9-20(10-12-30)28-18-19-5-7-24-25(17-19)36-16-15-35-24/h5-11,20,23H,12-19,21H2,1-4H3,(H,33,38);2-8,17,20,28H,9-16,18H2,1H3,(H,29,33). The molecule has 0 unspecified atom stereocenters. The molecule has 10 rings (SSSR count). The summed E-state index contributed by atoms with van der Waals surface area (Å²) in [4.78, 5) is 68.9. The van der Waals surface area contributed by atoms with Crippen LogP contribution in [-0.2, 0) is 40.4 Å². The predicted octanol–water partition coefficient (Wildman–Crippen LogP) is 8.06. The molecule has 79 heavy (non-hydrogen) atoms. The van der Waals surface area contributed by atoms with E-state index < -0.39 is 17.8 Å². The Morgan fingerprint density at radius 3 is 1.54 bits per heavy atom. The molecule has 20 heteroatoms. The molecule has 20 nitrogen and oxygen atoms in total. The third kappa shape index (κ3) is 14.5. The molecule has 4 aromatic carbocycles. The normalized spacial score (nSPS) is 15.9. The van der Waals surface area contributed by atoms with Crippen molar-refractivity contribution in [2.24, 2.45) is 0 Å². The SMILES string of the molecule is COC(=O)Nc1cccc2c1ccc(=O)n2CCN1CCC(N(Cc2ccc3c(c2)OCCO3)C(=O)OC(C)(C)C)CC1.COC(=O)Nc1cccc2c1ccc(=O)n2CCN1CCC(NCc2ccc3c(c2)OCCO3)CC1. The first kappa shape index (κ1) is 55.9. The zero-order valence-corrected chi connectivity index (χ0v) is 45.8. The van der Waals surface area contributed by atoms with E-state index in [4.69, 9.17) is 33.2 Å². The van der Waals surface area contributed by atoms with E-state index in [9.17, 15) is 24.0 Å². The highest BCUT2D eigenvalue weighted by Crippen LogP contribution is 2.33. The van der Waals surface area contributed by atoms with E-state index in [1.807, 2.05) is 74.2 Å². The Morgan fingerprint density at radius 1 is 0.582 bits per heavy atom. The van der Waals surface area contributed by atoms with Crippen molar-refractivity contribution in [1.29, 1.82) is 0 Å². The Kier molecular flexibility index (Phi) is 18.2. The van der Waals surface area contributed by atoms with Crippen molar-refractivity contribution < 1.29 is 47.5 Å². The minimum Gasteiger partial charge on any atom is -0.486 e. The fourth-order valence-corrected chi connectivity index (χ4v) is 10.5. The second-order valence-electron chi connectivity index (χ2n) is 21.0. The molecule has 2 aromatic heterocycles. The van der Waals surface area contributed by atoms with Gasteiger partial charge in [-0.1, -0.05) is 24.3 Å². The first-order valence-electron chi connectivity index (χ1n) is 27.1. The summed E-state index contributed by atoms with van der Waals surface area (Å²) >= 11 is 0. The average Bonchev–Trinajstić information content (AvgIpc) is 3.51. The van der Waals surface area contributed by atoms with Gasteiger partial charge in [-0.2, -0.15) is 0 Å². The molecule has 0 spiro atoms. The summed E-state index contributed by atoms with van der Waals surface area (Å²) in [6.45, 7) is 15.1. The van der Waals surface area contributed by atoms with Crippen LogP contribution in [0.3, 0.4) is 0 Å². The Morgan fingerprint density at radius 2 is 1.05 bits per heavy atom. The lowest BCUT2D eigenvalue weighted by atomic mass is 10.0. The Bertz CT molecular complexity index is 3230. The number of nitrogens with zero attached hydrogens (tertiary/aromatic N) is 5. The number of likely N-dealkylation sites (tertiary alicyclic amines) is 2. The van der Waals surface area contributed by atoms with E-state index in [-0.39, 0.29) is 23.3 Å². The fraction of sp³-hybridized carbons (Fsp3) is 0.441. The van der Waals surface area contributed by atoms with Crippen LogP contribution in [0.15, 0.2) is 107 Å². The van der Waals surface area contributed by atoms with Crippen molar-refractivity contribution in [3.63, 3.8) is 0 Å². The van der Waals surface area contributed by atoms with Gasteiger partial charge in [0.2, 0.25) is 0 Å². The number of piperidine rings is 2. The number of nitrogens with one attached hydrogen (secondary N) is 3. The molecule has 4 aliphatic heterocycles. The number of anilines is 2. The van der Waals surface area contributed by atoms with Crippen LogP contribution in [0.1, 0.15) is 57.6 Å². The number of hydrogen-bond donors (Lipinski definition) is 3. The molecule has 2 fully saturated rings. The Labute approximate surface area is 459 Å². The summed E-state index contributed by atoms with van der Waals surface area (Å²) in [6.07, 6.45) is 2.24. The lowest BCUT2D eigenvalue weighted by molar-refractivity contribution is 0.00561. The van der Waals surface area contributed by atoms with E-state index >= 15 is 0 Å². The van der Waals surface area contributed by atoms with Gasteiger partial charge in [-0.3, -0.25) is 20.2 Å². The minimum atomic E-state index is -0.610. The quantitative estimate of drug-likeness (QED) is 0.0883. The number of carbonyl (C=O) groups excluding carboxylic acids is 3. The smallest absolute Gasteiger partial charge is 0.411 e. The van der Waals surface area contributed by atoms with Crippen LogP contribution < -0.4 is 46.0 Å². The number of amides is 3. The third-order valence-electron chi connectivity index (χ3n) is 14.6. The van der Waals surface area contributed by atoms with Crippen LogP contribution in [0.2, 0.25) is 0 Å². The van der Waals surface area contributed by atoms with Crippen LogP contribution >= 0.6 is 0 Å². The molecular weight excluding hydrogens is 1010 g/mol. The number of fused-ring (bicyclic) bond motifs is 4. The molecule has 0 saturated carbocycles. The molecule has 6 aromatic rings. The van der Waals surface area contributed by atoms with E-state index in [2.05, 4.69) is 37.9 Å². The van der Waals surface area contributed by atoms with E-state index in [0.717, 1.165) is 104 Å². The van der Waals surface area contributed by atoms with Crippen molar-refractivity contribution in [3.8, 4) is 23.0 Å². The minimum absolute atomic E-state index is 0.00605. The second kappa shape index (κ2) is 25.8. The maximum atomic E-state index is 13.4. The second-order valence-corrected chi connectivity index (χ2v) is 21.0. The Hall–Kier alpha value is -7.81. The van der Waals surface area contributed by atoms with Gasteiger partial charge in [-0.05, 0) is 131 Å². The number of pyridine rings is 2. The van der Waals surface area contributed by atoms with Gasteiger partial charge < -0.3 is 62.3 Å². The van der Waals surface area contributed by atoms with Gasteiger partial charge in [-0.25, -0.2) is 14.4 Å². The number of aromatic nitrogens is 2. The molecule has 420 valence electrons. The molecule has 3 N–H and O–H groups in total. The third-order valence-corrected chi connectivity index (χ3v) is 14.6. The zero-order chi connectivity index (χ0) is 55.5. The maximum absolute atomic E-state index is 13.4. The highest BCUT2D eigenvalue weighted by Gasteiger charge is 2.32. The molecule has 0 radical (unpaired) electrons. The van der Waals surface area contributed by atoms with Gasteiger partial charge >= 0.3 is 18.3 Å². The summed E-state index contributed by atoms with van der Waals surface area (Å²) in [5.74, 6) is 3.06. The van der Waals surface area contributed by atoms with Crippen molar-refractivity contribution in [1.82, 2.24) is 29.2 Å². The number of carbonyl (C=O) groups is 3. The summed E-state index contributed by atoms with van der Waals surface area (Å²) in [6, 6.07) is 29.9. The first-order valence-corrected chi connectivity index (χ1v) is 27.1. The van der Waals surface area contributed by atoms with Crippen LogP contribution in [0.25, 0.3) is 21.8 Å². The number of methoxy groups -OCH3 is 2.